The van der Waals surface area contributed by atoms with Crippen molar-refractivity contribution in [3.63, 3.8) is 0 Å². The summed E-state index contributed by atoms with van der Waals surface area (Å²) in [6, 6.07) is 5.28. The Bertz CT molecular complexity index is 467. The molecule has 5 nitrogen and oxygen atoms in total. The van der Waals surface area contributed by atoms with E-state index in [4.69, 9.17) is 5.73 Å². The van der Waals surface area contributed by atoms with E-state index < -0.39 is 4.92 Å². The standard InChI is InChI=1S/C13H19N3O2S/c1-19-13-5-3-2-4-11(13)15-9-6-7-12(16(17)18)10(14)8-9/h6-8,11,13,15H,2-5,14H2,1H3. The van der Waals surface area contributed by atoms with Gasteiger partial charge in [0.1, 0.15) is 5.69 Å². The highest BCUT2D eigenvalue weighted by Crippen LogP contribution is 2.31. The summed E-state index contributed by atoms with van der Waals surface area (Å²) in [5, 5.41) is 14.8. The molecule has 0 bridgehead atoms. The van der Waals surface area contributed by atoms with Crippen molar-refractivity contribution in [3.8, 4) is 0 Å². The Kier molecular flexibility index (Phi) is 4.52. The first-order chi connectivity index (χ1) is 9.11. The fourth-order valence-corrected chi connectivity index (χ4v) is 3.50. The van der Waals surface area contributed by atoms with Gasteiger partial charge in [-0.15, -0.1) is 0 Å². The fourth-order valence-electron chi connectivity index (χ4n) is 2.57. The van der Waals surface area contributed by atoms with Crippen LogP contribution in [0.4, 0.5) is 17.1 Å². The van der Waals surface area contributed by atoms with Crippen LogP contribution in [0.25, 0.3) is 0 Å². The fraction of sp³-hybridized carbons (Fsp3) is 0.538. The van der Waals surface area contributed by atoms with Crippen LogP contribution in [0.5, 0.6) is 0 Å². The first kappa shape index (κ1) is 14.0. The lowest BCUT2D eigenvalue weighted by atomic mass is 9.94. The van der Waals surface area contributed by atoms with Gasteiger partial charge >= 0.3 is 0 Å². The first-order valence-corrected chi connectivity index (χ1v) is 7.74. The minimum absolute atomic E-state index is 0.0318. The molecule has 19 heavy (non-hydrogen) atoms. The van der Waals surface area contributed by atoms with Crippen molar-refractivity contribution >= 4 is 28.8 Å². The molecule has 1 aromatic rings. The lowest BCUT2D eigenvalue weighted by Gasteiger charge is -2.31. The Morgan fingerprint density at radius 1 is 1.42 bits per heavy atom. The molecule has 0 aromatic heterocycles. The second kappa shape index (κ2) is 6.14. The SMILES string of the molecule is CSC1CCCCC1Nc1ccc([N+](=O)[O-])c(N)c1. The molecule has 1 aliphatic carbocycles. The van der Waals surface area contributed by atoms with Gasteiger partial charge in [0.25, 0.3) is 5.69 Å². The van der Waals surface area contributed by atoms with Gasteiger partial charge in [0.2, 0.25) is 0 Å². The van der Waals surface area contributed by atoms with Crippen LogP contribution in [0, 0.1) is 10.1 Å². The number of nitrogen functional groups attached to an aromatic ring is 1. The maximum absolute atomic E-state index is 10.7. The zero-order chi connectivity index (χ0) is 13.8. The molecule has 6 heteroatoms. The highest BCUT2D eigenvalue weighted by atomic mass is 32.2. The van der Waals surface area contributed by atoms with Gasteiger partial charge in [0.05, 0.1) is 4.92 Å². The Hall–Kier alpha value is -1.43. The summed E-state index contributed by atoms with van der Waals surface area (Å²) in [6.45, 7) is 0. The molecule has 0 radical (unpaired) electrons. The summed E-state index contributed by atoms with van der Waals surface area (Å²) < 4.78 is 0. The van der Waals surface area contributed by atoms with E-state index in [1.54, 1.807) is 12.1 Å². The van der Waals surface area contributed by atoms with Gasteiger partial charge in [0, 0.05) is 23.0 Å². The molecule has 0 spiro atoms. The smallest absolute Gasteiger partial charge is 0.292 e. The van der Waals surface area contributed by atoms with E-state index in [-0.39, 0.29) is 11.4 Å². The van der Waals surface area contributed by atoms with E-state index in [0.717, 1.165) is 12.1 Å². The minimum atomic E-state index is -0.454. The number of rotatable bonds is 4. The first-order valence-electron chi connectivity index (χ1n) is 6.45. The zero-order valence-corrected chi connectivity index (χ0v) is 11.8. The van der Waals surface area contributed by atoms with E-state index in [0.29, 0.717) is 11.3 Å². The Balaban J connectivity index is 2.10. The van der Waals surface area contributed by atoms with E-state index in [9.17, 15) is 10.1 Å². The largest absolute Gasteiger partial charge is 0.393 e. The molecule has 0 heterocycles. The summed E-state index contributed by atoms with van der Waals surface area (Å²) in [4.78, 5) is 10.3. The molecular formula is C13H19N3O2S. The van der Waals surface area contributed by atoms with Gasteiger partial charge in [-0.2, -0.15) is 11.8 Å². The third-order valence-corrected chi connectivity index (χ3v) is 4.75. The van der Waals surface area contributed by atoms with Crippen molar-refractivity contribution in [3.05, 3.63) is 28.3 Å². The van der Waals surface area contributed by atoms with Crippen LogP contribution in [0.1, 0.15) is 25.7 Å². The average Bonchev–Trinajstić information content (AvgIpc) is 2.39. The van der Waals surface area contributed by atoms with Gasteiger partial charge in [-0.05, 0) is 31.2 Å². The van der Waals surface area contributed by atoms with Gasteiger partial charge in [-0.3, -0.25) is 10.1 Å². The van der Waals surface area contributed by atoms with E-state index in [1.165, 1.54) is 25.3 Å². The number of thioether (sulfide) groups is 1. The minimum Gasteiger partial charge on any atom is -0.393 e. The number of benzene rings is 1. The molecule has 0 amide bonds. The van der Waals surface area contributed by atoms with Gasteiger partial charge in [-0.25, -0.2) is 0 Å². The maximum atomic E-state index is 10.7. The zero-order valence-electron chi connectivity index (χ0n) is 11.0. The van der Waals surface area contributed by atoms with E-state index in [2.05, 4.69) is 11.6 Å². The number of nitrogens with zero attached hydrogens (tertiary/aromatic N) is 1. The summed E-state index contributed by atoms with van der Waals surface area (Å²) in [5.41, 5.74) is 6.76. The average molecular weight is 281 g/mol. The van der Waals surface area contributed by atoms with Crippen LogP contribution in [-0.2, 0) is 0 Å². The summed E-state index contributed by atoms with van der Waals surface area (Å²) in [7, 11) is 0. The molecule has 1 fully saturated rings. The lowest BCUT2D eigenvalue weighted by molar-refractivity contribution is -0.383. The summed E-state index contributed by atoms with van der Waals surface area (Å²) in [5.74, 6) is 0. The quantitative estimate of drug-likeness (QED) is 0.503. The van der Waals surface area contributed by atoms with Crippen LogP contribution in [-0.4, -0.2) is 22.5 Å². The number of hydrogen-bond acceptors (Lipinski definition) is 5. The number of anilines is 2. The molecule has 1 saturated carbocycles. The second-order valence-corrected chi connectivity index (χ2v) is 5.92. The Labute approximate surface area is 117 Å². The van der Waals surface area contributed by atoms with Crippen LogP contribution >= 0.6 is 11.8 Å². The molecule has 104 valence electrons. The van der Waals surface area contributed by atoms with Gasteiger partial charge in [0.15, 0.2) is 0 Å². The topological polar surface area (TPSA) is 81.2 Å². The molecule has 1 aromatic carbocycles. The van der Waals surface area contributed by atoms with Crippen LogP contribution < -0.4 is 11.1 Å². The highest BCUT2D eigenvalue weighted by Gasteiger charge is 2.24. The third kappa shape index (κ3) is 3.32. The van der Waals surface area contributed by atoms with Crippen molar-refractivity contribution in [1.82, 2.24) is 0 Å². The number of nitro benzene ring substituents is 1. The third-order valence-electron chi connectivity index (χ3n) is 3.58. The Morgan fingerprint density at radius 2 is 2.16 bits per heavy atom. The molecule has 0 aliphatic heterocycles. The number of nitro groups is 1. The number of nitrogens with one attached hydrogen (secondary N) is 1. The van der Waals surface area contributed by atoms with E-state index >= 15 is 0 Å². The molecular weight excluding hydrogens is 262 g/mol. The van der Waals surface area contributed by atoms with Crippen molar-refractivity contribution < 1.29 is 4.92 Å². The Morgan fingerprint density at radius 3 is 2.79 bits per heavy atom. The van der Waals surface area contributed by atoms with Crippen LogP contribution in [0.3, 0.4) is 0 Å². The monoisotopic (exact) mass is 281 g/mol. The van der Waals surface area contributed by atoms with Crippen LogP contribution in [0.15, 0.2) is 18.2 Å². The summed E-state index contributed by atoms with van der Waals surface area (Å²) in [6.07, 6.45) is 7.02. The number of hydrogen-bond donors (Lipinski definition) is 2. The lowest BCUT2D eigenvalue weighted by Crippen LogP contribution is -2.34. The summed E-state index contributed by atoms with van der Waals surface area (Å²) >= 11 is 1.88. The van der Waals surface area contributed by atoms with Crippen molar-refractivity contribution in [1.29, 1.82) is 0 Å². The molecule has 2 atom stereocenters. The molecule has 3 N–H and O–H groups in total. The second-order valence-electron chi connectivity index (χ2n) is 4.84. The molecule has 1 aliphatic rings. The highest BCUT2D eigenvalue weighted by molar-refractivity contribution is 7.99. The predicted molar refractivity (Wildman–Crippen MR) is 80.7 cm³/mol. The van der Waals surface area contributed by atoms with Crippen molar-refractivity contribution in [2.45, 2.75) is 37.0 Å². The van der Waals surface area contributed by atoms with Crippen molar-refractivity contribution in [2.24, 2.45) is 0 Å². The van der Waals surface area contributed by atoms with Crippen molar-refractivity contribution in [2.75, 3.05) is 17.3 Å². The molecule has 2 rings (SSSR count). The normalized spacial score (nSPS) is 23.0. The molecule has 0 saturated heterocycles. The predicted octanol–water partition coefficient (Wildman–Crippen LogP) is 3.26. The van der Waals surface area contributed by atoms with E-state index in [1.807, 2.05) is 11.8 Å². The van der Waals surface area contributed by atoms with Gasteiger partial charge < -0.3 is 11.1 Å². The van der Waals surface area contributed by atoms with Gasteiger partial charge in [-0.1, -0.05) is 12.8 Å². The van der Waals surface area contributed by atoms with Crippen LogP contribution in [0.2, 0.25) is 0 Å². The maximum Gasteiger partial charge on any atom is 0.292 e. The molecule has 2 unspecified atom stereocenters. The number of nitrogens with two attached hydrogens (primary N) is 1.